The van der Waals surface area contributed by atoms with Crippen molar-refractivity contribution < 1.29 is 22.0 Å². The normalized spacial score (nSPS) is 17.2. The van der Waals surface area contributed by atoms with Crippen LogP contribution in [0.1, 0.15) is 12.8 Å². The van der Waals surface area contributed by atoms with Gasteiger partial charge < -0.3 is 10.6 Å². The molecule has 1 aliphatic heterocycles. The van der Waals surface area contributed by atoms with Gasteiger partial charge in [0.05, 0.1) is 4.90 Å². The third kappa shape index (κ3) is 3.31. The van der Waals surface area contributed by atoms with E-state index in [9.17, 15) is 22.0 Å². The van der Waals surface area contributed by atoms with Gasteiger partial charge in [-0.3, -0.25) is 4.79 Å². The molecular formula is C13H16F2N2O3S. The number of hydrogen-bond donors (Lipinski definition) is 1. The summed E-state index contributed by atoms with van der Waals surface area (Å²) in [4.78, 5) is 12.7. The van der Waals surface area contributed by atoms with Gasteiger partial charge in [-0.2, -0.15) is 8.78 Å². The van der Waals surface area contributed by atoms with Crippen LogP contribution in [0.2, 0.25) is 0 Å². The summed E-state index contributed by atoms with van der Waals surface area (Å²) in [5, 5.41) is 0. The Kier molecular flexibility index (Phi) is 4.46. The molecule has 0 bridgehead atoms. The maximum absolute atomic E-state index is 12.4. The lowest BCUT2D eigenvalue weighted by molar-refractivity contribution is -0.122. The fourth-order valence-corrected chi connectivity index (χ4v) is 3.09. The summed E-state index contributed by atoms with van der Waals surface area (Å²) in [6.07, 6.45) is 1.26. The van der Waals surface area contributed by atoms with E-state index in [4.69, 9.17) is 5.73 Å². The van der Waals surface area contributed by atoms with Crippen molar-refractivity contribution in [3.8, 4) is 0 Å². The minimum Gasteiger partial charge on any atom is -0.371 e. The predicted octanol–water partition coefficient (Wildman–Crippen LogP) is 1.38. The van der Waals surface area contributed by atoms with Gasteiger partial charge in [-0.05, 0) is 37.1 Å². The Morgan fingerprint density at radius 1 is 1.19 bits per heavy atom. The number of carbonyl (C=O) groups is 1. The SMILES string of the molecule is NC(=O)C1CCN(c2ccc(S(=O)(=O)C(F)F)cc2)CC1. The van der Waals surface area contributed by atoms with E-state index in [2.05, 4.69) is 0 Å². The van der Waals surface area contributed by atoms with Gasteiger partial charge in [0.2, 0.25) is 15.7 Å². The van der Waals surface area contributed by atoms with Crippen molar-refractivity contribution in [3.63, 3.8) is 0 Å². The quantitative estimate of drug-likeness (QED) is 0.909. The first-order chi connectivity index (χ1) is 9.82. The molecule has 2 N–H and O–H groups in total. The Balaban J connectivity index is 2.09. The third-order valence-electron chi connectivity index (χ3n) is 3.66. The molecular weight excluding hydrogens is 302 g/mol. The van der Waals surface area contributed by atoms with Crippen LogP contribution in [0, 0.1) is 5.92 Å². The van der Waals surface area contributed by atoms with E-state index in [1.807, 2.05) is 4.90 Å². The lowest BCUT2D eigenvalue weighted by Crippen LogP contribution is -2.38. The van der Waals surface area contributed by atoms with Crippen molar-refractivity contribution in [3.05, 3.63) is 24.3 Å². The summed E-state index contributed by atoms with van der Waals surface area (Å²) < 4.78 is 47.5. The average Bonchev–Trinajstić information content (AvgIpc) is 2.47. The van der Waals surface area contributed by atoms with E-state index in [-0.39, 0.29) is 11.8 Å². The van der Waals surface area contributed by atoms with Crippen molar-refractivity contribution in [2.45, 2.75) is 23.5 Å². The highest BCUT2D eigenvalue weighted by atomic mass is 32.2. The standard InChI is InChI=1S/C13H16F2N2O3S/c14-13(15)21(19,20)11-3-1-10(2-4-11)17-7-5-9(6-8-17)12(16)18/h1-4,9,13H,5-8H2,(H2,16,18). The van der Waals surface area contributed by atoms with Gasteiger partial charge in [0.15, 0.2) is 0 Å². The molecule has 0 unspecified atom stereocenters. The number of nitrogens with zero attached hydrogens (tertiary/aromatic N) is 1. The van der Waals surface area contributed by atoms with Crippen LogP contribution in [0.15, 0.2) is 29.2 Å². The second-order valence-electron chi connectivity index (χ2n) is 4.96. The number of piperidine rings is 1. The highest BCUT2D eigenvalue weighted by Gasteiger charge is 2.27. The van der Waals surface area contributed by atoms with E-state index in [1.54, 1.807) is 0 Å². The summed E-state index contributed by atoms with van der Waals surface area (Å²) in [6, 6.07) is 5.35. The Morgan fingerprint density at radius 2 is 1.71 bits per heavy atom. The number of amides is 1. The average molecular weight is 318 g/mol. The molecule has 1 saturated heterocycles. The van der Waals surface area contributed by atoms with Gasteiger partial charge in [0.1, 0.15) is 0 Å². The molecule has 0 aliphatic carbocycles. The topological polar surface area (TPSA) is 80.5 Å². The van der Waals surface area contributed by atoms with Crippen LogP contribution in [0.25, 0.3) is 0 Å². The van der Waals surface area contributed by atoms with Crippen LogP contribution in [0.4, 0.5) is 14.5 Å². The van der Waals surface area contributed by atoms with Crippen molar-refractivity contribution in [1.29, 1.82) is 0 Å². The van der Waals surface area contributed by atoms with E-state index < -0.39 is 20.5 Å². The van der Waals surface area contributed by atoms with E-state index >= 15 is 0 Å². The first-order valence-corrected chi connectivity index (χ1v) is 8.03. The first-order valence-electron chi connectivity index (χ1n) is 6.48. The lowest BCUT2D eigenvalue weighted by Gasteiger charge is -2.32. The molecule has 0 spiro atoms. The van der Waals surface area contributed by atoms with Crippen molar-refractivity contribution in [2.75, 3.05) is 18.0 Å². The number of anilines is 1. The van der Waals surface area contributed by atoms with Crippen LogP contribution in [-0.2, 0) is 14.6 Å². The van der Waals surface area contributed by atoms with Crippen molar-refractivity contribution in [1.82, 2.24) is 0 Å². The number of benzene rings is 1. The molecule has 1 aromatic rings. The largest absolute Gasteiger partial charge is 0.371 e. The second kappa shape index (κ2) is 5.97. The molecule has 1 heterocycles. The number of hydrogen-bond acceptors (Lipinski definition) is 4. The minimum atomic E-state index is -4.56. The first kappa shape index (κ1) is 15.7. The zero-order valence-electron chi connectivity index (χ0n) is 11.2. The second-order valence-corrected chi connectivity index (χ2v) is 6.88. The summed E-state index contributed by atoms with van der Waals surface area (Å²) in [7, 11) is -4.56. The Labute approximate surface area is 121 Å². The maximum atomic E-state index is 12.4. The van der Waals surface area contributed by atoms with Crippen LogP contribution < -0.4 is 10.6 Å². The van der Waals surface area contributed by atoms with E-state index in [0.29, 0.717) is 25.9 Å². The molecule has 0 radical (unpaired) electrons. The van der Waals surface area contributed by atoms with Gasteiger partial charge in [-0.1, -0.05) is 0 Å². The van der Waals surface area contributed by atoms with Crippen LogP contribution >= 0.6 is 0 Å². The molecule has 0 saturated carbocycles. The van der Waals surface area contributed by atoms with Gasteiger partial charge in [-0.25, -0.2) is 8.42 Å². The smallest absolute Gasteiger partial charge is 0.341 e. The summed E-state index contributed by atoms with van der Waals surface area (Å²) in [5.74, 6) is -3.87. The number of rotatable bonds is 4. The molecule has 116 valence electrons. The molecule has 5 nitrogen and oxygen atoms in total. The highest BCUT2D eigenvalue weighted by molar-refractivity contribution is 7.91. The molecule has 1 amide bonds. The zero-order valence-corrected chi connectivity index (χ0v) is 12.0. The molecule has 0 atom stereocenters. The van der Waals surface area contributed by atoms with Crippen LogP contribution in [0.5, 0.6) is 0 Å². The molecule has 1 aromatic carbocycles. The van der Waals surface area contributed by atoms with Crippen LogP contribution in [-0.4, -0.2) is 33.2 Å². The van der Waals surface area contributed by atoms with Gasteiger partial charge >= 0.3 is 5.76 Å². The number of halogens is 2. The number of alkyl halides is 2. The Morgan fingerprint density at radius 3 is 2.14 bits per heavy atom. The molecule has 1 fully saturated rings. The molecule has 2 rings (SSSR count). The number of nitrogens with two attached hydrogens (primary N) is 1. The summed E-state index contributed by atoms with van der Waals surface area (Å²) in [6.45, 7) is 1.24. The highest BCUT2D eigenvalue weighted by Crippen LogP contribution is 2.25. The number of primary amides is 1. The van der Waals surface area contributed by atoms with Crippen molar-refractivity contribution in [2.24, 2.45) is 11.7 Å². The summed E-state index contributed by atoms with van der Waals surface area (Å²) in [5.41, 5.74) is 5.99. The summed E-state index contributed by atoms with van der Waals surface area (Å²) >= 11 is 0. The van der Waals surface area contributed by atoms with Crippen LogP contribution in [0.3, 0.4) is 0 Å². The molecule has 8 heteroatoms. The van der Waals surface area contributed by atoms with E-state index in [1.165, 1.54) is 24.3 Å². The monoisotopic (exact) mass is 318 g/mol. The fourth-order valence-electron chi connectivity index (χ4n) is 2.37. The molecule has 0 aromatic heterocycles. The number of sulfone groups is 1. The van der Waals surface area contributed by atoms with Gasteiger partial charge in [0, 0.05) is 24.7 Å². The Hall–Kier alpha value is -1.70. The van der Waals surface area contributed by atoms with E-state index in [0.717, 1.165) is 5.69 Å². The predicted molar refractivity (Wildman–Crippen MR) is 73.8 cm³/mol. The fraction of sp³-hybridized carbons (Fsp3) is 0.462. The van der Waals surface area contributed by atoms with Gasteiger partial charge in [-0.15, -0.1) is 0 Å². The number of carbonyl (C=O) groups excluding carboxylic acids is 1. The van der Waals surface area contributed by atoms with Gasteiger partial charge in [0.25, 0.3) is 0 Å². The maximum Gasteiger partial charge on any atom is 0.341 e. The molecule has 1 aliphatic rings. The minimum absolute atomic E-state index is 0.139. The Bertz CT molecular complexity index is 609. The zero-order chi connectivity index (χ0) is 15.6. The molecule has 21 heavy (non-hydrogen) atoms. The lowest BCUT2D eigenvalue weighted by atomic mass is 9.96. The van der Waals surface area contributed by atoms with Crippen molar-refractivity contribution >= 4 is 21.4 Å². The third-order valence-corrected chi connectivity index (χ3v) is 5.06.